The number of carboxylic acid groups (broad SMARTS) is 1. The standard InChI is InChI=1S/C58H44FN13O8/c1-80-57(79)50(69-53(74)39-19-18-35(45(59)24-39)11-4-34-7-14-37(15-8-34)49-27-42(55(76)72-61)44-30-63-23-21-47(44)68-49)25-40-28-64-58(66-40)65-31-51(56(77)78)70-52(73)38-16-9-33(10-17-38)3-2-32-5-12-36(13-6-32)48-26-41(54(75)71-60)43-29-62-22-20-46(43)67-48/h5-10,12-24,26-30,50-51H,25,31,60-61H2,1H3,(H,69,74)(H,70,73)(H,71,75)(H,72,76)(H,77,78)(H2,64,65,66). The normalized spacial score (nSPS) is 11.4. The Labute approximate surface area is 453 Å². The van der Waals surface area contributed by atoms with Crippen molar-refractivity contribution in [2.45, 2.75) is 18.5 Å². The molecule has 4 amide bonds. The average molecular weight is 1070 g/mol. The van der Waals surface area contributed by atoms with Crippen LogP contribution in [0.15, 0.2) is 146 Å². The third-order valence-electron chi connectivity index (χ3n) is 12.3. The predicted molar refractivity (Wildman–Crippen MR) is 291 cm³/mol. The molecule has 0 saturated carbocycles. The first-order chi connectivity index (χ1) is 38.8. The van der Waals surface area contributed by atoms with Crippen molar-refractivity contribution in [1.29, 1.82) is 0 Å². The highest BCUT2D eigenvalue weighted by atomic mass is 19.1. The number of aromatic amines is 1. The molecule has 4 aromatic carbocycles. The summed E-state index contributed by atoms with van der Waals surface area (Å²) in [4.78, 5) is 101. The molecule has 0 radical (unpaired) electrons. The second-order valence-electron chi connectivity index (χ2n) is 17.5. The number of amides is 4. The highest BCUT2D eigenvalue weighted by Crippen LogP contribution is 2.27. The maximum Gasteiger partial charge on any atom is 0.328 e. The molecule has 0 fully saturated rings. The van der Waals surface area contributed by atoms with E-state index in [-0.39, 0.29) is 35.6 Å². The molecule has 80 heavy (non-hydrogen) atoms. The number of halogens is 1. The van der Waals surface area contributed by atoms with Gasteiger partial charge in [-0.25, -0.2) is 40.6 Å². The van der Waals surface area contributed by atoms with E-state index in [1.54, 1.807) is 91.4 Å². The number of esters is 1. The van der Waals surface area contributed by atoms with E-state index in [0.29, 0.717) is 72.3 Å². The van der Waals surface area contributed by atoms with E-state index < -0.39 is 53.5 Å². The number of pyridine rings is 4. The summed E-state index contributed by atoms with van der Waals surface area (Å²) in [6, 6.07) is 28.1. The molecule has 5 heterocycles. The van der Waals surface area contributed by atoms with Crippen LogP contribution in [0, 0.1) is 29.5 Å². The molecular formula is C58H44FN13O8. The van der Waals surface area contributed by atoms with Gasteiger partial charge in [0.05, 0.1) is 52.4 Å². The number of hydrogen-bond acceptors (Lipinski definition) is 15. The number of nitrogen functional groups attached to an aromatic ring is 2. The molecule has 0 bridgehead atoms. The molecule has 0 aliphatic heterocycles. The second kappa shape index (κ2) is 24.2. The Bertz CT molecular complexity index is 4020. The number of carbonyl (C=O) groups excluding carboxylic acids is 5. The fourth-order valence-corrected chi connectivity index (χ4v) is 8.15. The lowest BCUT2D eigenvalue weighted by Gasteiger charge is -2.16. The zero-order chi connectivity index (χ0) is 56.3. The minimum atomic E-state index is -1.40. The van der Waals surface area contributed by atoms with Crippen molar-refractivity contribution in [2.75, 3.05) is 19.0 Å². The van der Waals surface area contributed by atoms with Gasteiger partial charge in [0.1, 0.15) is 17.9 Å². The van der Waals surface area contributed by atoms with Crippen LogP contribution in [0.4, 0.5) is 10.3 Å². The molecule has 2 unspecified atom stereocenters. The summed E-state index contributed by atoms with van der Waals surface area (Å²) < 4.78 is 20.3. The number of nitrogens with zero attached hydrogens (tertiary/aromatic N) is 5. The lowest BCUT2D eigenvalue weighted by molar-refractivity contribution is -0.143. The number of hydrogen-bond donors (Lipinski definition) is 9. The van der Waals surface area contributed by atoms with Gasteiger partial charge in [-0.05, 0) is 91.0 Å². The number of carboxylic acids is 1. The topological polar surface area (TPSA) is 324 Å². The van der Waals surface area contributed by atoms with Gasteiger partial charge < -0.3 is 30.8 Å². The van der Waals surface area contributed by atoms with Crippen LogP contribution in [0.1, 0.15) is 69.4 Å². The van der Waals surface area contributed by atoms with Crippen molar-refractivity contribution in [3.8, 4) is 46.2 Å². The SMILES string of the molecule is COC(=O)C(Cc1cnc(NCC(NC(=O)c2ccc(C#Cc3ccc(-c4cc(C(=O)NN)c5cnccc5n4)cc3)cc2)C(=O)O)[nH]1)NC(=O)c1ccc(C#Cc2ccc(-c3cc(C(=O)NN)c4cnccc4n3)cc2)c(F)c1. The number of imidazole rings is 1. The summed E-state index contributed by atoms with van der Waals surface area (Å²) in [6.07, 6.45) is 7.44. The van der Waals surface area contributed by atoms with Crippen LogP contribution in [0.3, 0.4) is 0 Å². The molecule has 22 heteroatoms. The number of fused-ring (bicyclic) bond motifs is 2. The van der Waals surface area contributed by atoms with E-state index in [9.17, 15) is 33.9 Å². The van der Waals surface area contributed by atoms with Crippen molar-refractivity contribution < 1.29 is 43.0 Å². The second-order valence-corrected chi connectivity index (χ2v) is 17.5. The number of anilines is 1. The fraction of sp³-hybridized carbons (Fsp3) is 0.0862. The van der Waals surface area contributed by atoms with Crippen LogP contribution in [0.2, 0.25) is 0 Å². The maximum absolute atomic E-state index is 15.4. The number of nitrogens with two attached hydrogens (primary N) is 2. The van der Waals surface area contributed by atoms with E-state index in [0.717, 1.165) is 18.7 Å². The van der Waals surface area contributed by atoms with Gasteiger partial charge in [0, 0.05) is 93.2 Å². The number of benzene rings is 4. The quantitative estimate of drug-likeness (QED) is 0.0223. The van der Waals surface area contributed by atoms with Gasteiger partial charge >= 0.3 is 11.9 Å². The van der Waals surface area contributed by atoms with Gasteiger partial charge in [-0.3, -0.25) is 40.0 Å². The molecule has 9 rings (SSSR count). The van der Waals surface area contributed by atoms with Crippen LogP contribution in [0.25, 0.3) is 44.3 Å². The Morgan fingerprint density at radius 1 is 0.625 bits per heavy atom. The Morgan fingerprint density at radius 2 is 1.12 bits per heavy atom. The number of methoxy groups -OCH3 is 1. The molecule has 2 atom stereocenters. The summed E-state index contributed by atoms with van der Waals surface area (Å²) >= 11 is 0. The zero-order valence-corrected chi connectivity index (χ0v) is 42.0. The number of hydrazine groups is 2. The molecule has 0 spiro atoms. The highest BCUT2D eigenvalue weighted by molar-refractivity contribution is 6.08. The number of ether oxygens (including phenoxy) is 1. The molecule has 5 aromatic heterocycles. The van der Waals surface area contributed by atoms with E-state index in [4.69, 9.17) is 16.4 Å². The zero-order valence-electron chi connectivity index (χ0n) is 42.0. The Balaban J connectivity index is 0.769. The summed E-state index contributed by atoms with van der Waals surface area (Å²) in [5.74, 6) is 17.3. The average Bonchev–Trinajstić information content (AvgIpc) is 3.95. The Kier molecular flexibility index (Phi) is 16.2. The molecule has 0 saturated heterocycles. The third kappa shape index (κ3) is 12.6. The summed E-state index contributed by atoms with van der Waals surface area (Å²) in [5.41, 5.74) is 10.8. The molecule has 11 N–H and O–H groups in total. The van der Waals surface area contributed by atoms with Gasteiger partial charge in [0.25, 0.3) is 23.6 Å². The Hall–Kier alpha value is -11.2. The van der Waals surface area contributed by atoms with Crippen LogP contribution >= 0.6 is 0 Å². The summed E-state index contributed by atoms with van der Waals surface area (Å²) in [6.45, 7) is -0.300. The van der Waals surface area contributed by atoms with Gasteiger partial charge in [-0.15, -0.1) is 0 Å². The minimum Gasteiger partial charge on any atom is -0.480 e. The van der Waals surface area contributed by atoms with Crippen molar-refractivity contribution in [3.63, 3.8) is 0 Å². The smallest absolute Gasteiger partial charge is 0.328 e. The molecule has 9 aromatic rings. The van der Waals surface area contributed by atoms with Gasteiger partial charge in [0.2, 0.25) is 0 Å². The van der Waals surface area contributed by atoms with Crippen molar-refractivity contribution in [1.82, 2.24) is 51.4 Å². The molecular weight excluding hydrogens is 1030 g/mol. The number of nitrogens with one attached hydrogen (secondary N) is 6. The molecule has 0 aliphatic carbocycles. The van der Waals surface area contributed by atoms with Crippen molar-refractivity contribution >= 4 is 63.3 Å². The fourth-order valence-electron chi connectivity index (χ4n) is 8.15. The van der Waals surface area contributed by atoms with Gasteiger partial charge in [0.15, 0.2) is 5.95 Å². The number of H-pyrrole nitrogens is 1. The van der Waals surface area contributed by atoms with Crippen molar-refractivity contribution in [2.24, 2.45) is 11.7 Å². The summed E-state index contributed by atoms with van der Waals surface area (Å²) in [7, 11) is 1.14. The lowest BCUT2D eigenvalue weighted by Crippen LogP contribution is -2.45. The predicted octanol–water partition coefficient (Wildman–Crippen LogP) is 4.59. The number of aromatic nitrogens is 6. The number of carbonyl (C=O) groups is 6. The first-order valence-electron chi connectivity index (χ1n) is 24.1. The first-order valence-corrected chi connectivity index (χ1v) is 24.1. The summed E-state index contributed by atoms with van der Waals surface area (Å²) in [5, 5.41) is 18.9. The van der Waals surface area contributed by atoms with E-state index in [2.05, 4.69) is 80.4 Å². The van der Waals surface area contributed by atoms with Crippen LogP contribution in [-0.2, 0) is 20.7 Å². The van der Waals surface area contributed by atoms with E-state index in [1.165, 1.54) is 36.7 Å². The first kappa shape index (κ1) is 53.6. The highest BCUT2D eigenvalue weighted by Gasteiger charge is 2.26. The lowest BCUT2D eigenvalue weighted by atomic mass is 10.0. The van der Waals surface area contributed by atoms with Crippen molar-refractivity contribution in [3.05, 3.63) is 202 Å². The van der Waals surface area contributed by atoms with Crippen LogP contribution in [0.5, 0.6) is 0 Å². The van der Waals surface area contributed by atoms with E-state index >= 15 is 4.39 Å². The van der Waals surface area contributed by atoms with Crippen LogP contribution < -0.4 is 38.5 Å². The van der Waals surface area contributed by atoms with Gasteiger partial charge in [-0.1, -0.05) is 47.9 Å². The maximum atomic E-state index is 15.4. The minimum absolute atomic E-state index is 0.00463. The molecule has 396 valence electrons. The monoisotopic (exact) mass is 1070 g/mol. The van der Waals surface area contributed by atoms with E-state index in [1.807, 2.05) is 12.1 Å². The number of aliphatic carboxylic acids is 1. The number of rotatable bonds is 15. The third-order valence-corrected chi connectivity index (χ3v) is 12.3. The molecule has 0 aliphatic rings. The van der Waals surface area contributed by atoms with Crippen LogP contribution in [-0.4, -0.2) is 96.3 Å². The Morgan fingerprint density at radius 3 is 1.64 bits per heavy atom. The van der Waals surface area contributed by atoms with Gasteiger partial charge in [-0.2, -0.15) is 0 Å². The molecule has 21 nitrogen and oxygen atoms in total. The largest absolute Gasteiger partial charge is 0.480 e.